The molecule has 94 valence electrons. The predicted octanol–water partition coefficient (Wildman–Crippen LogP) is 3.20. The number of esters is 1. The minimum absolute atomic E-state index is 0.195. The molecule has 3 heteroatoms. The van der Waals surface area contributed by atoms with Crippen LogP contribution in [0.5, 0.6) is 0 Å². The first-order chi connectivity index (χ1) is 8.75. The maximum Gasteiger partial charge on any atom is 0.309 e. The Hall–Kier alpha value is -2.03. The van der Waals surface area contributed by atoms with Crippen molar-refractivity contribution in [2.45, 2.75) is 20.0 Å². The van der Waals surface area contributed by atoms with E-state index < -0.39 is 0 Å². The largest absolute Gasteiger partial charge is 0.469 e. The molecule has 0 fully saturated rings. The molecule has 1 atom stereocenters. The minimum atomic E-state index is -0.199. The quantitative estimate of drug-likeness (QED) is 0.758. The van der Waals surface area contributed by atoms with Crippen LogP contribution in [-0.2, 0) is 22.6 Å². The maximum absolute atomic E-state index is 11.8. The minimum Gasteiger partial charge on any atom is -0.469 e. The monoisotopic (exact) mass is 244 g/mol. The first-order valence-corrected chi connectivity index (χ1v) is 5.98. The molecule has 1 heterocycles. The van der Waals surface area contributed by atoms with E-state index >= 15 is 0 Å². The van der Waals surface area contributed by atoms with Gasteiger partial charge in [0.05, 0.1) is 12.2 Å². The molecule has 1 aromatic heterocycles. The van der Waals surface area contributed by atoms with E-state index in [0.29, 0.717) is 13.0 Å². The van der Waals surface area contributed by atoms with Crippen LogP contribution in [0.4, 0.5) is 0 Å². The lowest BCUT2D eigenvalue weighted by Gasteiger charge is -2.10. The molecule has 0 aliphatic heterocycles. The van der Waals surface area contributed by atoms with Gasteiger partial charge < -0.3 is 9.15 Å². The van der Waals surface area contributed by atoms with E-state index in [0.717, 1.165) is 11.3 Å². The van der Waals surface area contributed by atoms with E-state index in [1.54, 1.807) is 6.26 Å². The van der Waals surface area contributed by atoms with Gasteiger partial charge in [-0.2, -0.15) is 0 Å². The lowest BCUT2D eigenvalue weighted by molar-refractivity contribution is -0.149. The smallest absolute Gasteiger partial charge is 0.309 e. The van der Waals surface area contributed by atoms with Crippen LogP contribution in [0, 0.1) is 5.92 Å². The van der Waals surface area contributed by atoms with Crippen molar-refractivity contribution in [3.8, 4) is 0 Å². The van der Waals surface area contributed by atoms with Crippen LogP contribution in [0.25, 0.3) is 0 Å². The number of furan rings is 1. The SMILES string of the molecule is CC(Cc1ccco1)C(=O)OCc1ccccc1. The third-order valence-corrected chi connectivity index (χ3v) is 2.71. The molecule has 0 N–H and O–H groups in total. The number of carbonyl (C=O) groups is 1. The highest BCUT2D eigenvalue weighted by Crippen LogP contribution is 2.11. The summed E-state index contributed by atoms with van der Waals surface area (Å²) in [5.74, 6) is 0.411. The predicted molar refractivity (Wildman–Crippen MR) is 67.8 cm³/mol. The van der Waals surface area contributed by atoms with Crippen molar-refractivity contribution in [2.24, 2.45) is 5.92 Å². The third-order valence-electron chi connectivity index (χ3n) is 2.71. The van der Waals surface area contributed by atoms with Crippen LogP contribution < -0.4 is 0 Å². The molecule has 0 spiro atoms. The second-order valence-corrected chi connectivity index (χ2v) is 4.28. The molecule has 18 heavy (non-hydrogen) atoms. The summed E-state index contributed by atoms with van der Waals surface area (Å²) in [6.07, 6.45) is 2.18. The Kier molecular flexibility index (Phi) is 4.18. The van der Waals surface area contributed by atoms with E-state index in [1.165, 1.54) is 0 Å². The van der Waals surface area contributed by atoms with Crippen molar-refractivity contribution in [1.29, 1.82) is 0 Å². The van der Waals surface area contributed by atoms with Crippen LogP contribution in [0.3, 0.4) is 0 Å². The molecule has 2 aromatic rings. The van der Waals surface area contributed by atoms with Gasteiger partial charge in [0.2, 0.25) is 0 Å². The van der Waals surface area contributed by atoms with E-state index in [9.17, 15) is 4.79 Å². The van der Waals surface area contributed by atoms with E-state index in [2.05, 4.69) is 0 Å². The van der Waals surface area contributed by atoms with Gasteiger partial charge in [0.15, 0.2) is 0 Å². The fourth-order valence-corrected chi connectivity index (χ4v) is 1.68. The molecule has 0 aliphatic carbocycles. The number of hydrogen-bond acceptors (Lipinski definition) is 3. The average molecular weight is 244 g/mol. The summed E-state index contributed by atoms with van der Waals surface area (Å²) in [6, 6.07) is 13.3. The van der Waals surface area contributed by atoms with Gasteiger partial charge in [0, 0.05) is 6.42 Å². The summed E-state index contributed by atoms with van der Waals surface area (Å²) in [5, 5.41) is 0. The molecular weight excluding hydrogens is 228 g/mol. The highest BCUT2D eigenvalue weighted by Gasteiger charge is 2.16. The first-order valence-electron chi connectivity index (χ1n) is 5.98. The van der Waals surface area contributed by atoms with Crippen molar-refractivity contribution in [2.75, 3.05) is 0 Å². The van der Waals surface area contributed by atoms with Gasteiger partial charge in [-0.3, -0.25) is 4.79 Å². The van der Waals surface area contributed by atoms with Crippen LogP contribution in [-0.4, -0.2) is 5.97 Å². The first kappa shape index (κ1) is 12.4. The lowest BCUT2D eigenvalue weighted by Crippen LogP contribution is -2.16. The topological polar surface area (TPSA) is 39.4 Å². The summed E-state index contributed by atoms with van der Waals surface area (Å²) in [4.78, 5) is 11.8. The Morgan fingerprint density at radius 2 is 2.00 bits per heavy atom. The molecule has 0 saturated heterocycles. The highest BCUT2D eigenvalue weighted by molar-refractivity contribution is 5.72. The summed E-state index contributed by atoms with van der Waals surface area (Å²) in [6.45, 7) is 2.16. The van der Waals surface area contributed by atoms with Crippen LogP contribution in [0.15, 0.2) is 53.1 Å². The zero-order valence-electron chi connectivity index (χ0n) is 10.3. The molecule has 0 aliphatic rings. The second-order valence-electron chi connectivity index (χ2n) is 4.28. The molecule has 0 radical (unpaired) electrons. The standard InChI is InChI=1S/C15H16O3/c1-12(10-14-8-5-9-17-14)15(16)18-11-13-6-3-2-4-7-13/h2-9,12H,10-11H2,1H3. The molecule has 0 amide bonds. The van der Waals surface area contributed by atoms with E-state index in [-0.39, 0.29) is 11.9 Å². The lowest BCUT2D eigenvalue weighted by atomic mass is 10.1. The molecule has 0 saturated carbocycles. The van der Waals surface area contributed by atoms with Crippen molar-refractivity contribution in [3.05, 3.63) is 60.1 Å². The van der Waals surface area contributed by atoms with Crippen LogP contribution in [0.1, 0.15) is 18.2 Å². The van der Waals surface area contributed by atoms with Gasteiger partial charge in [-0.25, -0.2) is 0 Å². The van der Waals surface area contributed by atoms with Crippen molar-refractivity contribution >= 4 is 5.97 Å². The fourth-order valence-electron chi connectivity index (χ4n) is 1.68. The molecular formula is C15H16O3. The van der Waals surface area contributed by atoms with Crippen molar-refractivity contribution in [1.82, 2.24) is 0 Å². The van der Waals surface area contributed by atoms with Crippen molar-refractivity contribution in [3.63, 3.8) is 0 Å². The number of ether oxygens (including phenoxy) is 1. The number of benzene rings is 1. The van der Waals surface area contributed by atoms with Gasteiger partial charge in [-0.05, 0) is 17.7 Å². The molecule has 3 nitrogen and oxygen atoms in total. The van der Waals surface area contributed by atoms with Gasteiger partial charge in [0.25, 0.3) is 0 Å². The molecule has 1 aromatic carbocycles. The Balaban J connectivity index is 1.81. The third kappa shape index (κ3) is 3.48. The van der Waals surface area contributed by atoms with Crippen LogP contribution >= 0.6 is 0 Å². The summed E-state index contributed by atoms with van der Waals surface area (Å²) in [5.41, 5.74) is 0.996. The van der Waals surface area contributed by atoms with Gasteiger partial charge in [0.1, 0.15) is 12.4 Å². The molecule has 1 unspecified atom stereocenters. The number of hydrogen-bond donors (Lipinski definition) is 0. The number of carbonyl (C=O) groups excluding carboxylic acids is 1. The Bertz CT molecular complexity index is 474. The van der Waals surface area contributed by atoms with Gasteiger partial charge in [-0.1, -0.05) is 37.3 Å². The molecule has 0 bridgehead atoms. The van der Waals surface area contributed by atoms with Gasteiger partial charge in [-0.15, -0.1) is 0 Å². The summed E-state index contributed by atoms with van der Waals surface area (Å²) in [7, 11) is 0. The zero-order chi connectivity index (χ0) is 12.8. The molecule has 2 rings (SSSR count). The maximum atomic E-state index is 11.8. The summed E-state index contributed by atoms with van der Waals surface area (Å²) < 4.78 is 10.5. The highest BCUT2D eigenvalue weighted by atomic mass is 16.5. The van der Waals surface area contributed by atoms with Crippen molar-refractivity contribution < 1.29 is 13.9 Å². The van der Waals surface area contributed by atoms with E-state index in [1.807, 2.05) is 49.4 Å². The Labute approximate surface area is 106 Å². The summed E-state index contributed by atoms with van der Waals surface area (Å²) >= 11 is 0. The van der Waals surface area contributed by atoms with Crippen LogP contribution in [0.2, 0.25) is 0 Å². The normalized spacial score (nSPS) is 12.1. The van der Waals surface area contributed by atoms with E-state index in [4.69, 9.17) is 9.15 Å². The van der Waals surface area contributed by atoms with Gasteiger partial charge >= 0.3 is 5.97 Å². The number of rotatable bonds is 5. The second kappa shape index (κ2) is 6.05. The Morgan fingerprint density at radius 1 is 1.22 bits per heavy atom. The zero-order valence-corrected chi connectivity index (χ0v) is 10.3. The average Bonchev–Trinajstić information content (AvgIpc) is 2.90. The Morgan fingerprint density at radius 3 is 2.67 bits per heavy atom. The fraction of sp³-hybridized carbons (Fsp3) is 0.267.